The normalized spacial score (nSPS) is 10.6. The number of unbranched alkanes of at least 4 members (excludes halogenated alkanes) is 1. The second-order valence-electron chi connectivity index (χ2n) is 3.34. The molecule has 1 N–H and O–H groups in total. The van der Waals surface area contributed by atoms with Crippen LogP contribution in [0.5, 0.6) is 0 Å². The first-order chi connectivity index (χ1) is 6.93. The number of rotatable bonds is 6. The van der Waals surface area contributed by atoms with Crippen molar-refractivity contribution in [2.75, 3.05) is 11.9 Å². The average Bonchev–Trinajstić information content (AvgIpc) is 2.25. The molecule has 1 heteroatoms. The molecule has 0 fully saturated rings. The van der Waals surface area contributed by atoms with Gasteiger partial charge in [0.2, 0.25) is 0 Å². The molecule has 1 nitrogen and oxygen atoms in total. The Morgan fingerprint density at radius 3 is 2.50 bits per heavy atom. The summed E-state index contributed by atoms with van der Waals surface area (Å²) < 4.78 is 0. The molecule has 0 amide bonds. The van der Waals surface area contributed by atoms with E-state index in [1.807, 2.05) is 6.07 Å². The van der Waals surface area contributed by atoms with Gasteiger partial charge in [0, 0.05) is 12.2 Å². The first kappa shape index (κ1) is 10.8. The van der Waals surface area contributed by atoms with Gasteiger partial charge in [0.25, 0.3) is 0 Å². The lowest BCUT2D eigenvalue weighted by Gasteiger charge is -2.02. The molecule has 0 radical (unpaired) electrons. The average molecular weight is 189 g/mol. The summed E-state index contributed by atoms with van der Waals surface area (Å²) in [4.78, 5) is 0. The summed E-state index contributed by atoms with van der Waals surface area (Å²) in [6.45, 7) is 3.22. The lowest BCUT2D eigenvalue weighted by molar-refractivity contribution is 0.946. The van der Waals surface area contributed by atoms with Gasteiger partial charge in [0.15, 0.2) is 0 Å². The first-order valence-electron chi connectivity index (χ1n) is 5.37. The van der Waals surface area contributed by atoms with Crippen LogP contribution in [-0.4, -0.2) is 6.54 Å². The van der Waals surface area contributed by atoms with Gasteiger partial charge in [-0.25, -0.2) is 0 Å². The minimum Gasteiger partial charge on any atom is -0.385 e. The zero-order valence-electron chi connectivity index (χ0n) is 8.87. The predicted molar refractivity (Wildman–Crippen MR) is 63.6 cm³/mol. The minimum absolute atomic E-state index is 1.02. The van der Waals surface area contributed by atoms with Crippen LogP contribution in [0.2, 0.25) is 0 Å². The molecule has 0 aromatic heterocycles. The highest BCUT2D eigenvalue weighted by atomic mass is 14.9. The summed E-state index contributed by atoms with van der Waals surface area (Å²) in [7, 11) is 0. The van der Waals surface area contributed by atoms with Crippen LogP contribution < -0.4 is 5.32 Å². The molecule has 0 spiro atoms. The molecule has 1 rings (SSSR count). The molecule has 14 heavy (non-hydrogen) atoms. The van der Waals surface area contributed by atoms with Gasteiger partial charge in [-0.05, 0) is 25.0 Å². The standard InChI is InChI=1S/C13H19N/c1-2-3-4-5-9-12-14-13-10-7-6-8-11-13/h4-8,10-11,14H,2-3,9,12H2,1H3/b5-4+. The molecule has 0 aliphatic carbocycles. The topological polar surface area (TPSA) is 12.0 Å². The summed E-state index contributed by atoms with van der Waals surface area (Å²) >= 11 is 0. The van der Waals surface area contributed by atoms with E-state index in [9.17, 15) is 0 Å². The number of hydrogen-bond acceptors (Lipinski definition) is 1. The minimum atomic E-state index is 1.02. The molecule has 76 valence electrons. The molecule has 0 aliphatic heterocycles. The molecule has 0 unspecified atom stereocenters. The maximum atomic E-state index is 3.37. The van der Waals surface area contributed by atoms with Gasteiger partial charge in [-0.1, -0.05) is 43.7 Å². The smallest absolute Gasteiger partial charge is 0.0340 e. The van der Waals surface area contributed by atoms with Gasteiger partial charge in [-0.15, -0.1) is 0 Å². The van der Waals surface area contributed by atoms with Gasteiger partial charge >= 0.3 is 0 Å². The first-order valence-corrected chi connectivity index (χ1v) is 5.37. The third kappa shape index (κ3) is 4.70. The Morgan fingerprint density at radius 2 is 1.79 bits per heavy atom. The zero-order chi connectivity index (χ0) is 10.1. The number of nitrogens with one attached hydrogen (secondary N) is 1. The van der Waals surface area contributed by atoms with Crippen molar-refractivity contribution in [3.63, 3.8) is 0 Å². The third-order valence-electron chi connectivity index (χ3n) is 2.04. The Hall–Kier alpha value is -1.24. The lowest BCUT2D eigenvalue weighted by atomic mass is 10.2. The van der Waals surface area contributed by atoms with Crippen molar-refractivity contribution < 1.29 is 0 Å². The van der Waals surface area contributed by atoms with Crippen molar-refractivity contribution in [2.24, 2.45) is 0 Å². The fourth-order valence-corrected chi connectivity index (χ4v) is 1.26. The van der Waals surface area contributed by atoms with E-state index in [2.05, 4.69) is 48.7 Å². The van der Waals surface area contributed by atoms with Crippen molar-refractivity contribution in [1.82, 2.24) is 0 Å². The molecular formula is C13H19N. The summed E-state index contributed by atoms with van der Waals surface area (Å²) in [5, 5.41) is 3.37. The van der Waals surface area contributed by atoms with Crippen LogP contribution in [0, 0.1) is 0 Å². The molecule has 0 aliphatic rings. The van der Waals surface area contributed by atoms with Crippen molar-refractivity contribution >= 4 is 5.69 Å². The van der Waals surface area contributed by atoms with Crippen LogP contribution in [0.3, 0.4) is 0 Å². The molecule has 0 atom stereocenters. The van der Waals surface area contributed by atoms with Crippen molar-refractivity contribution in [2.45, 2.75) is 26.2 Å². The van der Waals surface area contributed by atoms with E-state index in [1.165, 1.54) is 18.5 Å². The molecule has 0 saturated heterocycles. The van der Waals surface area contributed by atoms with Crippen LogP contribution in [0.4, 0.5) is 5.69 Å². The Kier molecular flexibility index (Phi) is 5.57. The molecule has 1 aromatic rings. The second-order valence-corrected chi connectivity index (χ2v) is 3.34. The van der Waals surface area contributed by atoms with Crippen molar-refractivity contribution in [1.29, 1.82) is 0 Å². The number of anilines is 1. The number of hydrogen-bond donors (Lipinski definition) is 1. The molecule has 1 aromatic carbocycles. The highest BCUT2D eigenvalue weighted by molar-refractivity contribution is 5.42. The maximum Gasteiger partial charge on any atom is 0.0340 e. The zero-order valence-corrected chi connectivity index (χ0v) is 8.87. The van der Waals surface area contributed by atoms with Crippen LogP contribution >= 0.6 is 0 Å². The largest absolute Gasteiger partial charge is 0.385 e. The third-order valence-corrected chi connectivity index (χ3v) is 2.04. The van der Waals surface area contributed by atoms with E-state index in [0.717, 1.165) is 13.0 Å². The van der Waals surface area contributed by atoms with Gasteiger partial charge < -0.3 is 5.32 Å². The summed E-state index contributed by atoms with van der Waals surface area (Å²) in [5.74, 6) is 0. The van der Waals surface area contributed by atoms with E-state index in [1.54, 1.807) is 0 Å². The fourth-order valence-electron chi connectivity index (χ4n) is 1.26. The monoisotopic (exact) mass is 189 g/mol. The van der Waals surface area contributed by atoms with Crippen LogP contribution in [0.15, 0.2) is 42.5 Å². The molecule has 0 heterocycles. The summed E-state index contributed by atoms with van der Waals surface area (Å²) in [5.41, 5.74) is 1.20. The molecule has 0 bridgehead atoms. The quantitative estimate of drug-likeness (QED) is 0.529. The SMILES string of the molecule is CCC/C=C/CCNc1ccccc1. The van der Waals surface area contributed by atoms with Gasteiger partial charge in [0.05, 0.1) is 0 Å². The summed E-state index contributed by atoms with van der Waals surface area (Å²) in [6, 6.07) is 10.3. The molecule has 0 saturated carbocycles. The Bertz CT molecular complexity index is 251. The van der Waals surface area contributed by atoms with Crippen LogP contribution in [-0.2, 0) is 0 Å². The van der Waals surface area contributed by atoms with Gasteiger partial charge in [0.1, 0.15) is 0 Å². The van der Waals surface area contributed by atoms with E-state index in [0.29, 0.717) is 0 Å². The number of benzene rings is 1. The highest BCUT2D eigenvalue weighted by Gasteiger charge is 1.86. The van der Waals surface area contributed by atoms with Gasteiger partial charge in [-0.2, -0.15) is 0 Å². The lowest BCUT2D eigenvalue weighted by Crippen LogP contribution is -1.99. The van der Waals surface area contributed by atoms with E-state index >= 15 is 0 Å². The second kappa shape index (κ2) is 7.19. The fraction of sp³-hybridized carbons (Fsp3) is 0.385. The van der Waals surface area contributed by atoms with E-state index in [-0.39, 0.29) is 0 Å². The highest BCUT2D eigenvalue weighted by Crippen LogP contribution is 2.04. The van der Waals surface area contributed by atoms with Gasteiger partial charge in [-0.3, -0.25) is 0 Å². The molecular weight excluding hydrogens is 170 g/mol. The van der Waals surface area contributed by atoms with Crippen LogP contribution in [0.1, 0.15) is 26.2 Å². The number of para-hydroxylation sites is 1. The Morgan fingerprint density at radius 1 is 1.07 bits per heavy atom. The Labute approximate surface area is 86.8 Å². The van der Waals surface area contributed by atoms with E-state index in [4.69, 9.17) is 0 Å². The number of allylic oxidation sites excluding steroid dienone is 1. The van der Waals surface area contributed by atoms with Crippen LogP contribution in [0.25, 0.3) is 0 Å². The summed E-state index contributed by atoms with van der Waals surface area (Å²) in [6.07, 6.45) is 8.05. The maximum absolute atomic E-state index is 3.37. The Balaban J connectivity index is 2.10. The van der Waals surface area contributed by atoms with Crippen molar-refractivity contribution in [3.8, 4) is 0 Å². The predicted octanol–water partition coefficient (Wildman–Crippen LogP) is 3.84. The van der Waals surface area contributed by atoms with E-state index < -0.39 is 0 Å². The van der Waals surface area contributed by atoms with Crippen molar-refractivity contribution in [3.05, 3.63) is 42.5 Å².